The van der Waals surface area contributed by atoms with Crippen LogP contribution in [0, 0.1) is 0 Å². The summed E-state index contributed by atoms with van der Waals surface area (Å²) in [7, 11) is 0. The molecule has 0 spiro atoms. The summed E-state index contributed by atoms with van der Waals surface area (Å²) in [6.45, 7) is 6.10. The van der Waals surface area contributed by atoms with Crippen molar-refractivity contribution in [1.29, 1.82) is 0 Å². The van der Waals surface area contributed by atoms with Gasteiger partial charge in [0, 0.05) is 26.2 Å². The molecule has 1 aliphatic rings. The lowest BCUT2D eigenvalue weighted by Crippen LogP contribution is -2.31. The van der Waals surface area contributed by atoms with E-state index in [9.17, 15) is 4.79 Å². The maximum atomic E-state index is 11.9. The summed E-state index contributed by atoms with van der Waals surface area (Å²) >= 11 is 6.13. The molecule has 17 heavy (non-hydrogen) atoms. The van der Waals surface area contributed by atoms with Crippen LogP contribution in [0.2, 0.25) is 5.02 Å². The molecular weight excluding hydrogens is 240 g/mol. The zero-order chi connectivity index (χ0) is 12.3. The van der Waals surface area contributed by atoms with Crippen LogP contribution < -0.4 is 15.8 Å². The van der Waals surface area contributed by atoms with Crippen molar-refractivity contribution in [2.45, 2.75) is 19.9 Å². The molecule has 1 aromatic rings. The summed E-state index contributed by atoms with van der Waals surface area (Å²) in [4.78, 5) is 14.0. The normalized spacial score (nSPS) is 16.9. The Kier molecular flexibility index (Phi) is 4.02. The molecule has 2 rings (SSSR count). The number of halogens is 1. The number of hydrogen-bond donors (Lipinski definition) is 1. The van der Waals surface area contributed by atoms with Crippen molar-refractivity contribution in [3.8, 4) is 0 Å². The highest BCUT2D eigenvalue weighted by atomic mass is 35.5. The van der Waals surface area contributed by atoms with Gasteiger partial charge in [-0.25, -0.2) is 4.68 Å². The Morgan fingerprint density at radius 1 is 1.47 bits per heavy atom. The summed E-state index contributed by atoms with van der Waals surface area (Å²) in [5, 5.41) is 7.72. The molecule has 1 aliphatic heterocycles. The van der Waals surface area contributed by atoms with Crippen LogP contribution in [0.15, 0.2) is 11.0 Å². The Balaban J connectivity index is 2.31. The Bertz CT molecular complexity index is 438. The molecule has 5 nitrogen and oxygen atoms in total. The van der Waals surface area contributed by atoms with Gasteiger partial charge in [-0.05, 0) is 19.9 Å². The van der Waals surface area contributed by atoms with E-state index in [2.05, 4.69) is 15.3 Å². The first-order chi connectivity index (χ1) is 8.24. The molecule has 0 unspecified atom stereocenters. The highest BCUT2D eigenvalue weighted by Gasteiger charge is 2.16. The third-order valence-electron chi connectivity index (χ3n) is 2.95. The van der Waals surface area contributed by atoms with Crippen LogP contribution in [-0.2, 0) is 6.54 Å². The summed E-state index contributed by atoms with van der Waals surface area (Å²) in [5.41, 5.74) is 0.550. The van der Waals surface area contributed by atoms with Crippen LogP contribution in [0.25, 0.3) is 0 Å². The van der Waals surface area contributed by atoms with Gasteiger partial charge in [0.05, 0.1) is 11.9 Å². The number of anilines is 1. The Morgan fingerprint density at radius 2 is 2.29 bits per heavy atom. The minimum absolute atomic E-state index is 0.205. The molecule has 94 valence electrons. The fourth-order valence-electron chi connectivity index (χ4n) is 1.99. The second kappa shape index (κ2) is 5.51. The third-order valence-corrected chi connectivity index (χ3v) is 3.30. The highest BCUT2D eigenvalue weighted by Crippen LogP contribution is 2.21. The van der Waals surface area contributed by atoms with Gasteiger partial charge >= 0.3 is 0 Å². The summed E-state index contributed by atoms with van der Waals surface area (Å²) in [6, 6.07) is 0. The van der Waals surface area contributed by atoms with Gasteiger partial charge in [-0.3, -0.25) is 4.79 Å². The van der Waals surface area contributed by atoms with Crippen LogP contribution in [0.3, 0.4) is 0 Å². The van der Waals surface area contributed by atoms with Crippen LogP contribution in [0.4, 0.5) is 5.69 Å². The summed E-state index contributed by atoms with van der Waals surface area (Å²) in [5.74, 6) is 0. The average Bonchev–Trinajstić information content (AvgIpc) is 2.61. The topological polar surface area (TPSA) is 50.2 Å². The minimum Gasteiger partial charge on any atom is -0.368 e. The molecule has 6 heteroatoms. The summed E-state index contributed by atoms with van der Waals surface area (Å²) in [6.07, 6.45) is 2.74. The van der Waals surface area contributed by atoms with E-state index >= 15 is 0 Å². The van der Waals surface area contributed by atoms with Crippen molar-refractivity contribution in [1.82, 2.24) is 15.1 Å². The highest BCUT2D eigenvalue weighted by molar-refractivity contribution is 6.33. The van der Waals surface area contributed by atoms with Gasteiger partial charge in [0.15, 0.2) is 0 Å². The third kappa shape index (κ3) is 2.61. The molecule has 0 aromatic carbocycles. The predicted octanol–water partition coefficient (Wildman–Crippen LogP) is 0.716. The molecule has 0 saturated carbocycles. The van der Waals surface area contributed by atoms with E-state index in [-0.39, 0.29) is 10.6 Å². The molecule has 2 heterocycles. The van der Waals surface area contributed by atoms with Crippen molar-refractivity contribution in [2.75, 3.05) is 31.1 Å². The number of hydrogen-bond acceptors (Lipinski definition) is 4. The van der Waals surface area contributed by atoms with E-state index in [1.807, 2.05) is 6.92 Å². The lowest BCUT2D eigenvalue weighted by molar-refractivity contribution is 0.613. The van der Waals surface area contributed by atoms with Gasteiger partial charge < -0.3 is 10.2 Å². The standard InChI is InChI=1S/C11H17ClN4O/c1-2-16-11(17)10(12)9(8-14-16)15-6-3-4-13-5-7-15/h8,13H,2-7H2,1H3. The van der Waals surface area contributed by atoms with Crippen molar-refractivity contribution in [3.05, 3.63) is 21.6 Å². The van der Waals surface area contributed by atoms with Crippen LogP contribution in [0.1, 0.15) is 13.3 Å². The summed E-state index contributed by atoms with van der Waals surface area (Å²) < 4.78 is 1.38. The lowest BCUT2D eigenvalue weighted by Gasteiger charge is -2.22. The number of aryl methyl sites for hydroxylation is 1. The van der Waals surface area contributed by atoms with Gasteiger partial charge in [-0.2, -0.15) is 5.10 Å². The Morgan fingerprint density at radius 3 is 3.06 bits per heavy atom. The van der Waals surface area contributed by atoms with Gasteiger partial charge in [0.25, 0.3) is 5.56 Å². The molecule has 0 radical (unpaired) electrons. The smallest absolute Gasteiger partial charge is 0.287 e. The predicted molar refractivity (Wildman–Crippen MR) is 68.9 cm³/mol. The fourth-order valence-corrected chi connectivity index (χ4v) is 2.25. The molecule has 1 saturated heterocycles. The molecule has 1 aromatic heterocycles. The zero-order valence-corrected chi connectivity index (χ0v) is 10.7. The van der Waals surface area contributed by atoms with Crippen LogP contribution >= 0.6 is 11.6 Å². The SMILES string of the molecule is CCn1ncc(N2CCCNCC2)c(Cl)c1=O. The molecule has 0 atom stereocenters. The fraction of sp³-hybridized carbons (Fsp3) is 0.636. The van der Waals surface area contributed by atoms with Crippen LogP contribution in [-0.4, -0.2) is 36.0 Å². The monoisotopic (exact) mass is 256 g/mol. The number of nitrogens with one attached hydrogen (secondary N) is 1. The number of aromatic nitrogens is 2. The second-order valence-electron chi connectivity index (χ2n) is 4.06. The first kappa shape index (κ1) is 12.4. The molecule has 0 amide bonds. The molecule has 1 fully saturated rings. The van der Waals surface area contributed by atoms with Crippen LogP contribution in [0.5, 0.6) is 0 Å². The van der Waals surface area contributed by atoms with E-state index in [0.29, 0.717) is 6.54 Å². The lowest BCUT2D eigenvalue weighted by atomic mass is 10.3. The molecule has 0 aliphatic carbocycles. The van der Waals surface area contributed by atoms with E-state index < -0.39 is 0 Å². The van der Waals surface area contributed by atoms with Crippen molar-refractivity contribution in [3.63, 3.8) is 0 Å². The molecular formula is C11H17ClN4O. The average molecular weight is 257 g/mol. The van der Waals surface area contributed by atoms with Gasteiger partial charge in [-0.1, -0.05) is 11.6 Å². The van der Waals surface area contributed by atoms with Gasteiger partial charge in [-0.15, -0.1) is 0 Å². The van der Waals surface area contributed by atoms with Crippen molar-refractivity contribution >= 4 is 17.3 Å². The maximum Gasteiger partial charge on any atom is 0.287 e. The molecule has 0 bridgehead atoms. The first-order valence-corrected chi connectivity index (χ1v) is 6.33. The quantitative estimate of drug-likeness (QED) is 0.847. The Hall–Kier alpha value is -1.07. The minimum atomic E-state index is -0.205. The Labute approximate surface area is 105 Å². The van der Waals surface area contributed by atoms with Gasteiger partial charge in [0.2, 0.25) is 0 Å². The maximum absolute atomic E-state index is 11.9. The zero-order valence-electron chi connectivity index (χ0n) is 9.95. The van der Waals surface area contributed by atoms with E-state index in [0.717, 1.165) is 38.3 Å². The van der Waals surface area contributed by atoms with Crippen molar-refractivity contribution < 1.29 is 0 Å². The van der Waals surface area contributed by atoms with Gasteiger partial charge in [0.1, 0.15) is 5.02 Å². The number of rotatable bonds is 2. The number of nitrogens with zero attached hydrogens (tertiary/aromatic N) is 3. The van der Waals surface area contributed by atoms with E-state index in [4.69, 9.17) is 11.6 Å². The largest absolute Gasteiger partial charge is 0.368 e. The van der Waals surface area contributed by atoms with E-state index in [1.54, 1.807) is 6.20 Å². The van der Waals surface area contributed by atoms with Crippen molar-refractivity contribution in [2.24, 2.45) is 0 Å². The first-order valence-electron chi connectivity index (χ1n) is 5.95. The molecule has 1 N–H and O–H groups in total. The second-order valence-corrected chi connectivity index (χ2v) is 4.43. The van der Waals surface area contributed by atoms with E-state index in [1.165, 1.54) is 4.68 Å².